The summed E-state index contributed by atoms with van der Waals surface area (Å²) >= 11 is 0. The number of hydrogen-bond donors (Lipinski definition) is 1. The van der Waals surface area contributed by atoms with Crippen LogP contribution in [0.4, 0.5) is 17.6 Å². The topological polar surface area (TPSA) is 111 Å². The Bertz CT molecular complexity index is 1350. The zero-order valence-electron chi connectivity index (χ0n) is 18.2. The Balaban J connectivity index is 0.00000432. The minimum Gasteiger partial charge on any atom is -0.488 e. The molecular weight excluding hydrogens is 492 g/mol. The zero-order chi connectivity index (χ0) is 25.0. The Hall–Kier alpha value is -3.91. The van der Waals surface area contributed by atoms with Gasteiger partial charge in [0.1, 0.15) is 5.82 Å². The lowest BCUT2D eigenvalue weighted by atomic mass is 10.0. The average Bonchev–Trinajstić information content (AvgIpc) is 2.76. The number of carbonyl (C=O) groups excluding carboxylic acids is 1. The van der Waals surface area contributed by atoms with E-state index in [2.05, 4.69) is 4.98 Å². The van der Waals surface area contributed by atoms with Crippen molar-refractivity contribution < 1.29 is 27.1 Å². The maximum atomic E-state index is 14.5. The number of nitrogens with zero attached hydrogens (tertiary/aromatic N) is 3. The quantitative estimate of drug-likeness (QED) is 0.483. The number of benzene rings is 1. The van der Waals surface area contributed by atoms with Crippen LogP contribution in [-0.4, -0.2) is 22.1 Å². The molecule has 0 unspecified atom stereocenters. The van der Waals surface area contributed by atoms with Crippen molar-refractivity contribution in [2.24, 2.45) is 5.73 Å². The van der Waals surface area contributed by atoms with Crippen LogP contribution in [0.25, 0.3) is 16.8 Å². The molecule has 0 saturated heterocycles. The highest BCUT2D eigenvalue weighted by Gasteiger charge is 2.34. The molecule has 0 atom stereocenters. The van der Waals surface area contributed by atoms with Gasteiger partial charge in [-0.15, -0.1) is 12.4 Å². The second-order valence-corrected chi connectivity index (χ2v) is 7.17. The first-order valence-corrected chi connectivity index (χ1v) is 9.95. The second-order valence-electron chi connectivity index (χ2n) is 7.17. The number of nitrogens with two attached hydrogens (primary N) is 1. The monoisotopic (exact) mass is 510 g/mol. The molecule has 0 radical (unpaired) electrons. The van der Waals surface area contributed by atoms with Gasteiger partial charge < -0.3 is 10.5 Å². The first-order valence-electron chi connectivity index (χ1n) is 9.95. The van der Waals surface area contributed by atoms with E-state index in [9.17, 15) is 27.2 Å². The molecule has 3 aromatic rings. The van der Waals surface area contributed by atoms with Crippen molar-refractivity contribution in [2.75, 3.05) is 6.61 Å². The summed E-state index contributed by atoms with van der Waals surface area (Å²) < 4.78 is 61.4. The number of amides is 1. The Kier molecular flexibility index (Phi) is 8.60. The van der Waals surface area contributed by atoms with Gasteiger partial charge in [0.25, 0.3) is 5.56 Å². The molecular formula is C23H19ClF4N4O3. The van der Waals surface area contributed by atoms with Gasteiger partial charge in [0.05, 0.1) is 48.7 Å². The van der Waals surface area contributed by atoms with Crippen molar-refractivity contribution >= 4 is 18.3 Å². The lowest BCUT2D eigenvalue weighted by Gasteiger charge is -2.16. The molecule has 0 fully saturated rings. The molecule has 3 rings (SSSR count). The van der Waals surface area contributed by atoms with Gasteiger partial charge in [0, 0.05) is 11.8 Å². The first-order chi connectivity index (χ1) is 16.0. The molecule has 1 amide bonds. The van der Waals surface area contributed by atoms with Gasteiger partial charge in [-0.2, -0.15) is 18.4 Å². The number of primary amides is 1. The van der Waals surface area contributed by atoms with E-state index in [1.807, 2.05) is 0 Å². The molecule has 2 heterocycles. The van der Waals surface area contributed by atoms with Gasteiger partial charge in [0.2, 0.25) is 5.91 Å². The van der Waals surface area contributed by atoms with Crippen LogP contribution in [-0.2, 0) is 23.8 Å². The fourth-order valence-electron chi connectivity index (χ4n) is 3.30. The van der Waals surface area contributed by atoms with Crippen LogP contribution in [0.2, 0.25) is 0 Å². The number of alkyl halides is 3. The zero-order valence-corrected chi connectivity index (χ0v) is 19.0. The number of ether oxygens (including phenoxy) is 1. The summed E-state index contributed by atoms with van der Waals surface area (Å²) in [7, 11) is 0. The SMILES string of the molecule is CCOc1cc(-c2ccc(CC(N)=O)c(F)c2)cn(-c2cnc(CC#N)c(C(F)(F)F)c2)c1=O.Cl. The third-order valence-corrected chi connectivity index (χ3v) is 4.82. The van der Waals surface area contributed by atoms with E-state index in [0.717, 1.165) is 22.9 Å². The molecule has 35 heavy (non-hydrogen) atoms. The van der Waals surface area contributed by atoms with Crippen molar-refractivity contribution in [3.8, 4) is 28.6 Å². The molecule has 0 saturated carbocycles. The van der Waals surface area contributed by atoms with Crippen LogP contribution in [0.15, 0.2) is 47.5 Å². The summed E-state index contributed by atoms with van der Waals surface area (Å²) in [6.07, 6.45) is -3.41. The summed E-state index contributed by atoms with van der Waals surface area (Å²) in [6, 6.07) is 7.64. The predicted molar refractivity (Wildman–Crippen MR) is 121 cm³/mol. The van der Waals surface area contributed by atoms with E-state index in [1.165, 1.54) is 24.4 Å². The van der Waals surface area contributed by atoms with Gasteiger partial charge in [-0.1, -0.05) is 12.1 Å². The van der Waals surface area contributed by atoms with Crippen molar-refractivity contribution in [1.29, 1.82) is 5.26 Å². The van der Waals surface area contributed by atoms with E-state index >= 15 is 0 Å². The van der Waals surface area contributed by atoms with E-state index < -0.39 is 41.1 Å². The van der Waals surface area contributed by atoms with Crippen molar-refractivity contribution in [3.05, 3.63) is 75.7 Å². The number of rotatable bonds is 7. The van der Waals surface area contributed by atoms with E-state index in [0.29, 0.717) is 0 Å². The predicted octanol–water partition coefficient (Wildman–Crippen LogP) is 3.97. The fourth-order valence-corrected chi connectivity index (χ4v) is 3.30. The molecule has 0 spiro atoms. The highest BCUT2D eigenvalue weighted by molar-refractivity contribution is 5.85. The van der Waals surface area contributed by atoms with Gasteiger partial charge in [-0.05, 0) is 36.2 Å². The van der Waals surface area contributed by atoms with Crippen molar-refractivity contribution in [2.45, 2.75) is 25.9 Å². The lowest BCUT2D eigenvalue weighted by molar-refractivity contribution is -0.138. The minimum atomic E-state index is -4.81. The molecule has 2 aromatic heterocycles. The number of hydrogen-bond acceptors (Lipinski definition) is 5. The summed E-state index contributed by atoms with van der Waals surface area (Å²) in [5.74, 6) is -1.60. The summed E-state index contributed by atoms with van der Waals surface area (Å²) in [5, 5.41) is 8.80. The normalized spacial score (nSPS) is 10.9. The van der Waals surface area contributed by atoms with Crippen molar-refractivity contribution in [1.82, 2.24) is 9.55 Å². The molecule has 184 valence electrons. The van der Waals surface area contributed by atoms with Crippen LogP contribution < -0.4 is 16.0 Å². The fraction of sp³-hybridized carbons (Fsp3) is 0.217. The Morgan fingerprint density at radius 1 is 1.23 bits per heavy atom. The van der Waals surface area contributed by atoms with Crippen LogP contribution in [0.3, 0.4) is 0 Å². The van der Waals surface area contributed by atoms with Gasteiger partial charge in [-0.25, -0.2) is 4.39 Å². The molecule has 2 N–H and O–H groups in total. The molecule has 0 aliphatic carbocycles. The second kappa shape index (κ2) is 11.0. The number of pyridine rings is 2. The molecule has 0 aliphatic heterocycles. The first kappa shape index (κ1) is 27.3. The number of carbonyl (C=O) groups is 1. The summed E-state index contributed by atoms with van der Waals surface area (Å²) in [6.45, 7) is 1.71. The number of aromatic nitrogens is 2. The standard InChI is InChI=1S/C23H18F4N4O3.ClH/c1-2-34-20-8-15(13-3-4-14(9-21(29)32)18(24)7-13)12-31(22(20)33)16-10-17(23(25,26)27)19(5-6-28)30-11-16;/h3-4,7-8,10-12H,2,5,9H2,1H3,(H2,29,32);1H. The van der Waals surface area contributed by atoms with Gasteiger partial charge in [-0.3, -0.25) is 19.1 Å². The highest BCUT2D eigenvalue weighted by atomic mass is 35.5. The molecule has 7 nitrogen and oxygen atoms in total. The lowest BCUT2D eigenvalue weighted by Crippen LogP contribution is -2.22. The maximum Gasteiger partial charge on any atom is 0.418 e. The third kappa shape index (κ3) is 6.16. The van der Waals surface area contributed by atoms with Gasteiger partial charge >= 0.3 is 6.18 Å². The molecule has 12 heteroatoms. The summed E-state index contributed by atoms with van der Waals surface area (Å²) in [5.41, 5.74) is 3.14. The Morgan fingerprint density at radius 3 is 2.51 bits per heavy atom. The smallest absolute Gasteiger partial charge is 0.418 e. The molecule has 0 bridgehead atoms. The van der Waals surface area contributed by atoms with Crippen LogP contribution in [0, 0.1) is 17.1 Å². The summed E-state index contributed by atoms with van der Waals surface area (Å²) in [4.78, 5) is 27.7. The third-order valence-electron chi connectivity index (χ3n) is 4.82. The van der Waals surface area contributed by atoms with Crippen molar-refractivity contribution in [3.63, 3.8) is 0 Å². The average molecular weight is 511 g/mol. The van der Waals surface area contributed by atoms with Crippen LogP contribution in [0.5, 0.6) is 5.75 Å². The number of halogens is 5. The maximum absolute atomic E-state index is 14.5. The minimum absolute atomic E-state index is 0. The number of nitriles is 1. The van der Waals surface area contributed by atoms with E-state index in [1.54, 1.807) is 13.0 Å². The largest absolute Gasteiger partial charge is 0.488 e. The molecule has 0 aliphatic rings. The van der Waals surface area contributed by atoms with Crippen LogP contribution >= 0.6 is 12.4 Å². The highest BCUT2D eigenvalue weighted by Crippen LogP contribution is 2.33. The Morgan fingerprint density at radius 2 is 1.94 bits per heavy atom. The Labute approximate surface area is 203 Å². The van der Waals surface area contributed by atoms with E-state index in [4.69, 9.17) is 15.7 Å². The van der Waals surface area contributed by atoms with Crippen LogP contribution in [0.1, 0.15) is 23.7 Å². The van der Waals surface area contributed by atoms with E-state index in [-0.39, 0.29) is 53.6 Å². The van der Waals surface area contributed by atoms with Gasteiger partial charge in [0.15, 0.2) is 5.75 Å². The molecule has 1 aromatic carbocycles.